The highest BCUT2D eigenvalue weighted by atomic mass is 32.2. The number of amides is 1. The summed E-state index contributed by atoms with van der Waals surface area (Å²) in [7, 11) is -1.78. The van der Waals surface area contributed by atoms with Gasteiger partial charge in [-0.3, -0.25) is 14.2 Å². The minimum Gasteiger partial charge on any atom is -0.466 e. The Kier molecular flexibility index (Phi) is 7.46. The lowest BCUT2D eigenvalue weighted by Crippen LogP contribution is -2.39. The molecular weight excluding hydrogens is 460 g/mol. The van der Waals surface area contributed by atoms with E-state index >= 15 is 0 Å². The summed E-state index contributed by atoms with van der Waals surface area (Å²) in [5, 5.41) is 8.85. The molecule has 2 aromatic heterocycles. The number of nitrogens with zero attached hydrogens (tertiary/aromatic N) is 5. The molecule has 0 aliphatic carbocycles. The topological polar surface area (TPSA) is 145 Å². The van der Waals surface area contributed by atoms with Gasteiger partial charge in [0.25, 0.3) is 0 Å². The molecule has 1 unspecified atom stereocenters. The second-order valence-electron chi connectivity index (χ2n) is 7.49. The molecule has 14 heteroatoms. The smallest absolute Gasteiger partial charge is 0.346 e. The summed E-state index contributed by atoms with van der Waals surface area (Å²) in [5.74, 6) is -0.678. The van der Waals surface area contributed by atoms with Crippen molar-refractivity contribution < 1.29 is 22.7 Å². The van der Waals surface area contributed by atoms with E-state index in [0.717, 1.165) is 22.3 Å². The molecular formula is C18H26N6O6S2. The van der Waals surface area contributed by atoms with Gasteiger partial charge in [-0.1, -0.05) is 0 Å². The first-order valence-corrected chi connectivity index (χ1v) is 12.8. The normalized spacial score (nSPS) is 17.3. The number of aromatic nitrogens is 4. The van der Waals surface area contributed by atoms with Crippen LogP contribution in [0.5, 0.6) is 0 Å². The summed E-state index contributed by atoms with van der Waals surface area (Å²) < 4.78 is 32.4. The number of hydrogen-bond acceptors (Lipinski definition) is 9. The summed E-state index contributed by atoms with van der Waals surface area (Å²) in [6.45, 7) is 2.37. The summed E-state index contributed by atoms with van der Waals surface area (Å²) >= 11 is 1.16. The molecule has 1 fully saturated rings. The van der Waals surface area contributed by atoms with Gasteiger partial charge in [0.2, 0.25) is 15.9 Å². The number of ether oxygens (including phenoxy) is 1. The third-order valence-electron chi connectivity index (χ3n) is 5.02. The molecule has 1 amide bonds. The molecule has 12 nitrogen and oxygen atoms in total. The number of hydrogen-bond donors (Lipinski definition) is 1. The van der Waals surface area contributed by atoms with Crippen LogP contribution >= 0.6 is 11.3 Å². The van der Waals surface area contributed by atoms with Gasteiger partial charge in [0, 0.05) is 31.4 Å². The Labute approximate surface area is 189 Å². The number of piperidine rings is 1. The SMILES string of the molecule is CCOC(=O)Cc1csc(NC(=O)Cn2nc(C3CCCN(S(C)(=O)=O)C3)n(C)c2=O)n1. The molecule has 0 bridgehead atoms. The fourth-order valence-electron chi connectivity index (χ4n) is 3.52. The Morgan fingerprint density at radius 1 is 1.38 bits per heavy atom. The Hall–Kier alpha value is -2.58. The first kappa shape index (κ1) is 24.1. The lowest BCUT2D eigenvalue weighted by atomic mass is 9.99. The molecule has 32 heavy (non-hydrogen) atoms. The van der Waals surface area contributed by atoms with Gasteiger partial charge in [-0.15, -0.1) is 11.3 Å². The minimum absolute atomic E-state index is 0.00908. The zero-order valence-electron chi connectivity index (χ0n) is 18.1. The summed E-state index contributed by atoms with van der Waals surface area (Å²) in [4.78, 5) is 40.7. The summed E-state index contributed by atoms with van der Waals surface area (Å²) in [6.07, 6.45) is 2.53. The maximum absolute atomic E-state index is 12.6. The van der Waals surface area contributed by atoms with Crippen molar-refractivity contribution in [2.24, 2.45) is 7.05 Å². The first-order chi connectivity index (χ1) is 15.1. The fourth-order valence-corrected chi connectivity index (χ4v) is 5.16. The van der Waals surface area contributed by atoms with E-state index in [0.29, 0.717) is 36.0 Å². The lowest BCUT2D eigenvalue weighted by molar-refractivity contribution is -0.142. The average molecular weight is 487 g/mol. The molecule has 3 rings (SSSR count). The maximum atomic E-state index is 12.6. The quantitative estimate of drug-likeness (QED) is 0.510. The van der Waals surface area contributed by atoms with Crippen molar-refractivity contribution in [3.63, 3.8) is 0 Å². The molecule has 1 aliphatic heterocycles. The first-order valence-electron chi connectivity index (χ1n) is 10.1. The molecule has 3 heterocycles. The van der Waals surface area contributed by atoms with Gasteiger partial charge in [-0.05, 0) is 19.8 Å². The van der Waals surface area contributed by atoms with Crippen molar-refractivity contribution in [1.82, 2.24) is 23.6 Å². The molecule has 0 aromatic carbocycles. The Bertz CT molecular complexity index is 1150. The van der Waals surface area contributed by atoms with Gasteiger partial charge in [0.1, 0.15) is 12.4 Å². The third kappa shape index (κ3) is 5.81. The van der Waals surface area contributed by atoms with E-state index in [9.17, 15) is 22.8 Å². The van der Waals surface area contributed by atoms with Gasteiger partial charge in [-0.25, -0.2) is 27.2 Å². The van der Waals surface area contributed by atoms with Crippen molar-refractivity contribution >= 4 is 38.4 Å². The number of carbonyl (C=O) groups excluding carboxylic acids is 2. The largest absolute Gasteiger partial charge is 0.466 e. The third-order valence-corrected chi connectivity index (χ3v) is 7.09. The molecule has 176 valence electrons. The number of rotatable bonds is 8. The predicted octanol–water partition coefficient (Wildman–Crippen LogP) is -0.0784. The van der Waals surface area contributed by atoms with Crippen molar-refractivity contribution in [2.75, 3.05) is 31.3 Å². The molecule has 0 spiro atoms. The fraction of sp³-hybridized carbons (Fsp3) is 0.611. The van der Waals surface area contributed by atoms with Crippen LogP contribution in [0.15, 0.2) is 10.2 Å². The van der Waals surface area contributed by atoms with Gasteiger partial charge < -0.3 is 10.1 Å². The van der Waals surface area contributed by atoms with E-state index in [-0.39, 0.29) is 32.0 Å². The van der Waals surface area contributed by atoms with Crippen LogP contribution in [0.25, 0.3) is 0 Å². The monoisotopic (exact) mass is 486 g/mol. The van der Waals surface area contributed by atoms with Crippen LogP contribution in [0.2, 0.25) is 0 Å². The van der Waals surface area contributed by atoms with E-state index in [2.05, 4.69) is 15.4 Å². The molecule has 0 radical (unpaired) electrons. The highest BCUT2D eigenvalue weighted by Crippen LogP contribution is 2.26. The second-order valence-corrected chi connectivity index (χ2v) is 10.3. The van der Waals surface area contributed by atoms with E-state index in [1.165, 1.54) is 8.87 Å². The van der Waals surface area contributed by atoms with Gasteiger partial charge in [0.05, 0.1) is 25.0 Å². The highest BCUT2D eigenvalue weighted by Gasteiger charge is 2.30. The number of anilines is 1. The predicted molar refractivity (Wildman–Crippen MR) is 117 cm³/mol. The van der Waals surface area contributed by atoms with Crippen molar-refractivity contribution in [2.45, 2.75) is 38.6 Å². The Balaban J connectivity index is 1.66. The number of nitrogens with one attached hydrogen (secondary N) is 1. The van der Waals surface area contributed by atoms with Crippen LogP contribution in [-0.4, -0.2) is 69.9 Å². The Morgan fingerprint density at radius 3 is 2.81 bits per heavy atom. The standard InChI is InChI=1S/C18H26N6O6S2/c1-4-30-15(26)8-13-11-31-17(19-13)20-14(25)10-24-18(27)22(2)16(21-24)12-6-5-7-23(9-12)32(3,28)29/h11-12H,4-10H2,1-3H3,(H,19,20,25). The molecule has 1 N–H and O–H groups in total. The number of esters is 1. The van der Waals surface area contributed by atoms with Crippen LogP contribution in [0, 0.1) is 0 Å². The van der Waals surface area contributed by atoms with E-state index in [1.54, 1.807) is 19.4 Å². The zero-order chi connectivity index (χ0) is 23.5. The lowest BCUT2D eigenvalue weighted by Gasteiger charge is -2.30. The van der Waals surface area contributed by atoms with Crippen molar-refractivity contribution in [1.29, 1.82) is 0 Å². The van der Waals surface area contributed by atoms with E-state index < -0.39 is 27.6 Å². The second kappa shape index (κ2) is 9.92. The molecule has 1 saturated heterocycles. The average Bonchev–Trinajstić information content (AvgIpc) is 3.26. The number of thiazole rings is 1. The Morgan fingerprint density at radius 2 is 2.12 bits per heavy atom. The van der Waals surface area contributed by atoms with Crippen LogP contribution < -0.4 is 11.0 Å². The maximum Gasteiger partial charge on any atom is 0.346 e. The van der Waals surface area contributed by atoms with E-state index in [4.69, 9.17) is 4.74 Å². The van der Waals surface area contributed by atoms with Crippen LogP contribution in [-0.2, 0) is 44.4 Å². The van der Waals surface area contributed by atoms with Gasteiger partial charge in [0.15, 0.2) is 5.13 Å². The van der Waals surface area contributed by atoms with E-state index in [1.807, 2.05) is 0 Å². The van der Waals surface area contributed by atoms with Crippen LogP contribution in [0.3, 0.4) is 0 Å². The van der Waals surface area contributed by atoms with Gasteiger partial charge in [-0.2, -0.15) is 5.10 Å². The minimum atomic E-state index is -3.33. The molecule has 1 aliphatic rings. The molecule has 2 aromatic rings. The number of sulfonamides is 1. The summed E-state index contributed by atoms with van der Waals surface area (Å²) in [5.41, 5.74) is 0.0162. The van der Waals surface area contributed by atoms with Crippen LogP contribution in [0.4, 0.5) is 5.13 Å². The number of carbonyl (C=O) groups is 2. The molecule has 1 atom stereocenters. The summed E-state index contributed by atoms with van der Waals surface area (Å²) in [6, 6.07) is 0. The van der Waals surface area contributed by atoms with Crippen molar-refractivity contribution in [3.8, 4) is 0 Å². The van der Waals surface area contributed by atoms with Crippen molar-refractivity contribution in [3.05, 3.63) is 27.4 Å². The zero-order valence-corrected chi connectivity index (χ0v) is 19.7. The van der Waals surface area contributed by atoms with Gasteiger partial charge >= 0.3 is 11.7 Å². The molecule has 0 saturated carbocycles. The van der Waals surface area contributed by atoms with Crippen LogP contribution in [0.1, 0.15) is 37.2 Å². The highest BCUT2D eigenvalue weighted by molar-refractivity contribution is 7.88.